The Morgan fingerprint density at radius 2 is 1.67 bits per heavy atom. The fourth-order valence-corrected chi connectivity index (χ4v) is 4.03. The first-order valence-corrected chi connectivity index (χ1v) is 9.38. The van der Waals surface area contributed by atoms with Crippen molar-refractivity contribution in [2.24, 2.45) is 0 Å². The molecule has 3 aromatic rings. The van der Waals surface area contributed by atoms with E-state index in [1.165, 1.54) is 0 Å². The number of hydrogen-bond donors (Lipinski definition) is 0. The van der Waals surface area contributed by atoms with Crippen LogP contribution in [-0.2, 0) is 16.8 Å². The van der Waals surface area contributed by atoms with E-state index in [9.17, 15) is 4.79 Å². The number of carbonyl (C=O) groups excluding carboxylic acids is 1. The molecule has 2 aromatic carbocycles. The highest BCUT2D eigenvalue weighted by Crippen LogP contribution is 2.42. The molecule has 27 heavy (non-hydrogen) atoms. The zero-order valence-electron chi connectivity index (χ0n) is 15.5. The average Bonchev–Trinajstić information content (AvgIpc) is 3.39. The topological polar surface area (TPSA) is 59.2 Å². The van der Waals surface area contributed by atoms with Gasteiger partial charge in [0.15, 0.2) is 0 Å². The van der Waals surface area contributed by atoms with Gasteiger partial charge in [-0.3, -0.25) is 4.79 Å². The van der Waals surface area contributed by atoms with E-state index in [1.807, 2.05) is 55.6 Å². The highest BCUT2D eigenvalue weighted by Gasteiger charge is 2.44. The van der Waals surface area contributed by atoms with Crippen LogP contribution in [0.5, 0.6) is 0 Å². The molecule has 1 aliphatic rings. The van der Waals surface area contributed by atoms with Crippen molar-refractivity contribution in [3.05, 3.63) is 72.1 Å². The highest BCUT2D eigenvalue weighted by atomic mass is 16.5. The Bertz CT molecular complexity index is 900. The molecule has 0 spiro atoms. The zero-order chi connectivity index (χ0) is 18.7. The maximum atomic E-state index is 13.4. The van der Waals surface area contributed by atoms with Gasteiger partial charge in [0.2, 0.25) is 17.6 Å². The molecule has 5 heteroatoms. The van der Waals surface area contributed by atoms with Gasteiger partial charge in [-0.1, -0.05) is 78.7 Å². The van der Waals surface area contributed by atoms with E-state index in [1.54, 1.807) is 4.90 Å². The minimum Gasteiger partial charge on any atom is -0.337 e. The molecule has 0 radical (unpaired) electrons. The van der Waals surface area contributed by atoms with Crippen molar-refractivity contribution in [1.29, 1.82) is 0 Å². The molecule has 1 saturated carbocycles. The van der Waals surface area contributed by atoms with Crippen LogP contribution in [-0.4, -0.2) is 28.0 Å². The van der Waals surface area contributed by atoms with E-state index in [0.29, 0.717) is 18.3 Å². The van der Waals surface area contributed by atoms with Gasteiger partial charge >= 0.3 is 0 Å². The van der Waals surface area contributed by atoms with Gasteiger partial charge in [-0.15, -0.1) is 0 Å². The van der Waals surface area contributed by atoms with Crippen LogP contribution in [0.1, 0.15) is 37.1 Å². The van der Waals surface area contributed by atoms with Crippen molar-refractivity contribution >= 4 is 5.91 Å². The molecule has 0 atom stereocenters. The maximum Gasteiger partial charge on any atom is 0.246 e. The predicted octanol–water partition coefficient (Wildman–Crippen LogP) is 4.21. The average molecular weight is 361 g/mol. The summed E-state index contributed by atoms with van der Waals surface area (Å²) in [4.78, 5) is 19.6. The molecule has 1 fully saturated rings. The molecule has 1 aliphatic carbocycles. The van der Waals surface area contributed by atoms with Gasteiger partial charge in [-0.25, -0.2) is 0 Å². The number of aromatic nitrogens is 2. The summed E-state index contributed by atoms with van der Waals surface area (Å²) >= 11 is 0. The number of nitrogens with zero attached hydrogens (tertiary/aromatic N) is 3. The second kappa shape index (κ2) is 7.35. The number of amides is 1. The second-order valence-electron chi connectivity index (χ2n) is 7.19. The lowest BCUT2D eigenvalue weighted by atomic mass is 9.77. The lowest BCUT2D eigenvalue weighted by Crippen LogP contribution is -2.43. The van der Waals surface area contributed by atoms with Crippen LogP contribution in [0.25, 0.3) is 11.4 Å². The molecule has 1 heterocycles. The summed E-state index contributed by atoms with van der Waals surface area (Å²) in [6, 6.07) is 19.8. The van der Waals surface area contributed by atoms with E-state index in [4.69, 9.17) is 4.52 Å². The molecular weight excluding hydrogens is 338 g/mol. The van der Waals surface area contributed by atoms with Crippen molar-refractivity contribution in [2.45, 2.75) is 37.6 Å². The van der Waals surface area contributed by atoms with Crippen molar-refractivity contribution in [2.75, 3.05) is 7.05 Å². The van der Waals surface area contributed by atoms with E-state index in [-0.39, 0.29) is 5.91 Å². The second-order valence-corrected chi connectivity index (χ2v) is 7.19. The lowest BCUT2D eigenvalue weighted by molar-refractivity contribution is -0.136. The Morgan fingerprint density at radius 1 is 1.04 bits per heavy atom. The summed E-state index contributed by atoms with van der Waals surface area (Å²) in [6.07, 6.45) is 3.93. The van der Waals surface area contributed by atoms with Gasteiger partial charge in [0.25, 0.3) is 0 Å². The maximum absolute atomic E-state index is 13.4. The Balaban J connectivity index is 1.53. The first kappa shape index (κ1) is 17.5. The third-order valence-corrected chi connectivity index (χ3v) is 5.41. The van der Waals surface area contributed by atoms with E-state index < -0.39 is 5.41 Å². The van der Waals surface area contributed by atoms with Gasteiger partial charge in [0.05, 0.1) is 12.0 Å². The predicted molar refractivity (Wildman–Crippen MR) is 103 cm³/mol. The summed E-state index contributed by atoms with van der Waals surface area (Å²) < 4.78 is 5.39. The van der Waals surface area contributed by atoms with Crippen molar-refractivity contribution < 1.29 is 9.32 Å². The SMILES string of the molecule is CN(Cc1nc(-c2ccccc2)no1)C(=O)C1(c2ccccc2)CCCC1. The summed E-state index contributed by atoms with van der Waals surface area (Å²) in [5.74, 6) is 1.13. The van der Waals surface area contributed by atoms with Crippen LogP contribution in [0, 0.1) is 0 Å². The Labute approximate surface area is 159 Å². The van der Waals surface area contributed by atoms with Crippen LogP contribution < -0.4 is 0 Å². The monoisotopic (exact) mass is 361 g/mol. The van der Waals surface area contributed by atoms with Crippen molar-refractivity contribution in [1.82, 2.24) is 15.0 Å². The van der Waals surface area contributed by atoms with Gasteiger partial charge in [0, 0.05) is 12.6 Å². The Kier molecular flexibility index (Phi) is 4.75. The molecule has 0 N–H and O–H groups in total. The van der Waals surface area contributed by atoms with Crippen LogP contribution >= 0.6 is 0 Å². The highest BCUT2D eigenvalue weighted by molar-refractivity contribution is 5.88. The fraction of sp³-hybridized carbons (Fsp3) is 0.318. The van der Waals surface area contributed by atoms with Crippen LogP contribution in [0.4, 0.5) is 0 Å². The quantitative estimate of drug-likeness (QED) is 0.683. The molecule has 0 aliphatic heterocycles. The van der Waals surface area contributed by atoms with Crippen LogP contribution in [0.15, 0.2) is 65.2 Å². The first-order chi connectivity index (χ1) is 13.2. The van der Waals surface area contributed by atoms with Gasteiger partial charge in [-0.05, 0) is 18.4 Å². The summed E-state index contributed by atoms with van der Waals surface area (Å²) in [5, 5.41) is 4.05. The summed E-state index contributed by atoms with van der Waals surface area (Å²) in [7, 11) is 1.82. The van der Waals surface area contributed by atoms with Gasteiger partial charge in [-0.2, -0.15) is 4.98 Å². The largest absolute Gasteiger partial charge is 0.337 e. The van der Waals surface area contributed by atoms with Crippen molar-refractivity contribution in [3.63, 3.8) is 0 Å². The number of likely N-dealkylation sites (N-methyl/N-ethyl adjacent to an activating group) is 1. The molecule has 0 unspecified atom stereocenters. The first-order valence-electron chi connectivity index (χ1n) is 9.38. The molecular formula is C22H23N3O2. The number of carbonyl (C=O) groups is 1. The minimum absolute atomic E-state index is 0.130. The molecule has 1 aromatic heterocycles. The van der Waals surface area contributed by atoms with E-state index in [2.05, 4.69) is 22.3 Å². The molecule has 4 rings (SSSR count). The molecule has 1 amide bonds. The minimum atomic E-state index is -0.432. The Hall–Kier alpha value is -2.95. The Morgan fingerprint density at radius 3 is 2.33 bits per heavy atom. The third-order valence-electron chi connectivity index (χ3n) is 5.41. The van der Waals surface area contributed by atoms with Gasteiger partial charge < -0.3 is 9.42 Å². The number of rotatable bonds is 5. The fourth-order valence-electron chi connectivity index (χ4n) is 4.03. The number of hydrogen-bond acceptors (Lipinski definition) is 4. The third kappa shape index (κ3) is 3.37. The number of benzene rings is 2. The zero-order valence-corrected chi connectivity index (χ0v) is 15.5. The molecule has 0 saturated heterocycles. The molecule has 0 bridgehead atoms. The normalized spacial score (nSPS) is 15.6. The van der Waals surface area contributed by atoms with Crippen LogP contribution in [0.3, 0.4) is 0 Å². The van der Waals surface area contributed by atoms with Gasteiger partial charge in [0.1, 0.15) is 0 Å². The molecule has 138 valence electrons. The van der Waals surface area contributed by atoms with E-state index in [0.717, 1.165) is 36.8 Å². The summed E-state index contributed by atoms with van der Waals surface area (Å²) in [6.45, 7) is 0.313. The van der Waals surface area contributed by atoms with Crippen LogP contribution in [0.2, 0.25) is 0 Å². The lowest BCUT2D eigenvalue weighted by Gasteiger charge is -2.32. The van der Waals surface area contributed by atoms with E-state index >= 15 is 0 Å². The standard InChI is InChI=1S/C22H23N3O2/c1-25(16-19-23-20(24-27-19)17-10-4-2-5-11-17)21(26)22(14-8-9-15-22)18-12-6-3-7-13-18/h2-7,10-13H,8-9,14-16H2,1H3. The summed E-state index contributed by atoms with van der Waals surface area (Å²) in [5.41, 5.74) is 1.58. The molecule has 5 nitrogen and oxygen atoms in total. The van der Waals surface area contributed by atoms with Crippen molar-refractivity contribution in [3.8, 4) is 11.4 Å². The smallest absolute Gasteiger partial charge is 0.246 e.